The van der Waals surface area contributed by atoms with Gasteiger partial charge in [0.05, 0.1) is 12.2 Å². The molecule has 2 aromatic rings. The Hall–Kier alpha value is -2.21. The van der Waals surface area contributed by atoms with Gasteiger partial charge < -0.3 is 9.88 Å². The molecule has 0 bridgehead atoms. The first-order valence-corrected chi connectivity index (χ1v) is 7.64. The van der Waals surface area contributed by atoms with Gasteiger partial charge >= 0.3 is 0 Å². The average molecular weight is 318 g/mol. The number of likely N-dealkylation sites (N-methyl/N-ethyl adjacent to an activating group) is 1. The number of hydrogen-bond acceptors (Lipinski definition) is 3. The number of amides is 1. The van der Waals surface area contributed by atoms with Crippen molar-refractivity contribution in [3.8, 4) is 5.69 Å². The minimum absolute atomic E-state index is 0.0845. The summed E-state index contributed by atoms with van der Waals surface area (Å²) >= 11 is 0. The highest BCUT2D eigenvalue weighted by atomic mass is 19.1. The molecule has 124 valence electrons. The molecule has 0 aliphatic carbocycles. The van der Waals surface area contributed by atoms with Crippen molar-refractivity contribution < 1.29 is 9.18 Å². The van der Waals surface area contributed by atoms with Gasteiger partial charge in [0.1, 0.15) is 11.6 Å². The molecular weight excluding hydrogens is 295 g/mol. The van der Waals surface area contributed by atoms with Crippen LogP contribution in [0, 0.1) is 12.7 Å². The lowest BCUT2D eigenvalue weighted by molar-refractivity contribution is -0.122. The predicted octanol–water partition coefficient (Wildman–Crippen LogP) is 2.28. The number of rotatable bonds is 6. The zero-order valence-corrected chi connectivity index (χ0v) is 14.0. The standard InChI is InChI=1S/C17H23FN4O/c1-12(2)21(4)11-17(23)20-10-14-9-15(18)5-6-16(14)22-8-7-19-13(22)3/h5-9,12H,10-11H2,1-4H3,(H,20,23). The van der Waals surface area contributed by atoms with E-state index < -0.39 is 0 Å². The van der Waals surface area contributed by atoms with Crippen LogP contribution in [-0.2, 0) is 11.3 Å². The van der Waals surface area contributed by atoms with Crippen LogP contribution >= 0.6 is 0 Å². The van der Waals surface area contributed by atoms with Gasteiger partial charge in [0.2, 0.25) is 5.91 Å². The number of benzene rings is 1. The SMILES string of the molecule is Cc1nccn1-c1ccc(F)cc1CNC(=O)CN(C)C(C)C. The van der Waals surface area contributed by atoms with Crippen LogP contribution < -0.4 is 5.32 Å². The largest absolute Gasteiger partial charge is 0.351 e. The molecule has 23 heavy (non-hydrogen) atoms. The molecule has 1 N–H and O–H groups in total. The maximum absolute atomic E-state index is 13.6. The lowest BCUT2D eigenvalue weighted by atomic mass is 10.1. The van der Waals surface area contributed by atoms with Crippen LogP contribution in [0.25, 0.3) is 5.69 Å². The minimum atomic E-state index is -0.324. The highest BCUT2D eigenvalue weighted by Gasteiger charge is 2.12. The fourth-order valence-corrected chi connectivity index (χ4v) is 2.22. The molecule has 0 radical (unpaired) electrons. The first-order valence-electron chi connectivity index (χ1n) is 7.64. The Labute approximate surface area is 136 Å². The van der Waals surface area contributed by atoms with Gasteiger partial charge in [-0.1, -0.05) is 0 Å². The third-order valence-electron chi connectivity index (χ3n) is 3.88. The highest BCUT2D eigenvalue weighted by Crippen LogP contribution is 2.17. The van der Waals surface area contributed by atoms with Gasteiger partial charge in [0, 0.05) is 25.0 Å². The second kappa shape index (κ2) is 7.37. The molecule has 0 saturated heterocycles. The van der Waals surface area contributed by atoms with E-state index in [1.54, 1.807) is 12.3 Å². The van der Waals surface area contributed by atoms with Crippen LogP contribution in [0.3, 0.4) is 0 Å². The normalized spacial score (nSPS) is 11.3. The van der Waals surface area contributed by atoms with E-state index in [0.29, 0.717) is 18.2 Å². The number of aromatic nitrogens is 2. The number of carbonyl (C=O) groups is 1. The summed E-state index contributed by atoms with van der Waals surface area (Å²) in [6.07, 6.45) is 3.51. The molecule has 0 unspecified atom stereocenters. The molecule has 1 aromatic heterocycles. The first-order chi connectivity index (χ1) is 10.9. The lowest BCUT2D eigenvalue weighted by Crippen LogP contribution is -2.38. The van der Waals surface area contributed by atoms with Crippen LogP contribution in [0.4, 0.5) is 4.39 Å². The molecule has 0 fully saturated rings. The van der Waals surface area contributed by atoms with Gasteiger partial charge in [-0.25, -0.2) is 9.37 Å². The number of nitrogens with one attached hydrogen (secondary N) is 1. The summed E-state index contributed by atoms with van der Waals surface area (Å²) < 4.78 is 15.5. The fourth-order valence-electron chi connectivity index (χ4n) is 2.22. The zero-order valence-electron chi connectivity index (χ0n) is 14.0. The van der Waals surface area contributed by atoms with Gasteiger partial charge in [-0.2, -0.15) is 0 Å². The van der Waals surface area contributed by atoms with Crippen LogP contribution in [0.15, 0.2) is 30.6 Å². The zero-order chi connectivity index (χ0) is 17.0. The second-order valence-corrected chi connectivity index (χ2v) is 5.90. The molecular formula is C17H23FN4O. The van der Waals surface area contributed by atoms with Crippen molar-refractivity contribution in [3.63, 3.8) is 0 Å². The fraction of sp³-hybridized carbons (Fsp3) is 0.412. The van der Waals surface area contributed by atoms with E-state index in [-0.39, 0.29) is 18.3 Å². The van der Waals surface area contributed by atoms with Gasteiger partial charge in [0.15, 0.2) is 0 Å². The van der Waals surface area contributed by atoms with Crippen LogP contribution in [0.1, 0.15) is 25.2 Å². The Balaban J connectivity index is 2.12. The smallest absolute Gasteiger partial charge is 0.234 e. The van der Waals surface area contributed by atoms with Gasteiger partial charge in [-0.05, 0) is 51.6 Å². The number of aryl methyl sites for hydroxylation is 1. The minimum Gasteiger partial charge on any atom is -0.351 e. The third kappa shape index (κ3) is 4.39. The molecule has 5 nitrogen and oxygen atoms in total. The molecule has 0 spiro atoms. The predicted molar refractivity (Wildman–Crippen MR) is 87.9 cm³/mol. The molecule has 1 aromatic carbocycles. The summed E-state index contributed by atoms with van der Waals surface area (Å²) in [5.41, 5.74) is 1.53. The van der Waals surface area contributed by atoms with Crippen molar-refractivity contribution in [2.24, 2.45) is 0 Å². The molecule has 2 rings (SSSR count). The Morgan fingerprint density at radius 3 is 2.78 bits per heavy atom. The Bertz CT molecular complexity index is 681. The maximum atomic E-state index is 13.6. The molecule has 1 amide bonds. The molecule has 0 saturated carbocycles. The number of carbonyl (C=O) groups excluding carboxylic acids is 1. The quantitative estimate of drug-likeness (QED) is 0.889. The van der Waals surface area contributed by atoms with Crippen molar-refractivity contribution >= 4 is 5.91 Å². The lowest BCUT2D eigenvalue weighted by Gasteiger charge is -2.20. The van der Waals surface area contributed by atoms with Crippen molar-refractivity contribution in [2.45, 2.75) is 33.4 Å². The van der Waals surface area contributed by atoms with Crippen molar-refractivity contribution in [3.05, 3.63) is 47.8 Å². The van der Waals surface area contributed by atoms with E-state index in [0.717, 1.165) is 11.5 Å². The van der Waals surface area contributed by atoms with E-state index in [4.69, 9.17) is 0 Å². The van der Waals surface area contributed by atoms with Gasteiger partial charge in [-0.3, -0.25) is 9.69 Å². The summed E-state index contributed by atoms with van der Waals surface area (Å²) in [6, 6.07) is 4.85. The van der Waals surface area contributed by atoms with Crippen LogP contribution in [0.2, 0.25) is 0 Å². The molecule has 0 atom stereocenters. The second-order valence-electron chi connectivity index (χ2n) is 5.90. The Kier molecular flexibility index (Phi) is 5.50. The van der Waals surface area contributed by atoms with Crippen molar-refractivity contribution in [1.29, 1.82) is 0 Å². The summed E-state index contributed by atoms with van der Waals surface area (Å²) in [5, 5.41) is 2.85. The van der Waals surface area contributed by atoms with E-state index in [1.807, 2.05) is 43.5 Å². The summed E-state index contributed by atoms with van der Waals surface area (Å²) in [5.74, 6) is 0.401. The highest BCUT2D eigenvalue weighted by molar-refractivity contribution is 5.78. The topological polar surface area (TPSA) is 50.2 Å². The molecule has 0 aliphatic heterocycles. The van der Waals surface area contributed by atoms with E-state index in [2.05, 4.69) is 10.3 Å². The van der Waals surface area contributed by atoms with E-state index in [1.165, 1.54) is 12.1 Å². The Morgan fingerprint density at radius 1 is 1.43 bits per heavy atom. The number of halogens is 1. The average Bonchev–Trinajstić information content (AvgIpc) is 2.91. The van der Waals surface area contributed by atoms with Crippen molar-refractivity contribution in [2.75, 3.05) is 13.6 Å². The van der Waals surface area contributed by atoms with Crippen molar-refractivity contribution in [1.82, 2.24) is 19.8 Å². The number of imidazole rings is 1. The van der Waals surface area contributed by atoms with Gasteiger partial charge in [-0.15, -0.1) is 0 Å². The van der Waals surface area contributed by atoms with Crippen LogP contribution in [-0.4, -0.2) is 40.0 Å². The van der Waals surface area contributed by atoms with E-state index in [9.17, 15) is 9.18 Å². The molecule has 0 aliphatic rings. The number of nitrogens with zero attached hydrogens (tertiary/aromatic N) is 3. The Morgan fingerprint density at radius 2 is 2.17 bits per heavy atom. The van der Waals surface area contributed by atoms with Gasteiger partial charge in [0.25, 0.3) is 0 Å². The number of hydrogen-bond donors (Lipinski definition) is 1. The monoisotopic (exact) mass is 318 g/mol. The first kappa shape index (κ1) is 17.1. The molecule has 1 heterocycles. The van der Waals surface area contributed by atoms with Crippen LogP contribution in [0.5, 0.6) is 0 Å². The summed E-state index contributed by atoms with van der Waals surface area (Å²) in [6.45, 7) is 6.52. The molecule has 6 heteroatoms. The summed E-state index contributed by atoms with van der Waals surface area (Å²) in [4.78, 5) is 18.1. The third-order valence-corrected chi connectivity index (χ3v) is 3.88. The summed E-state index contributed by atoms with van der Waals surface area (Å²) in [7, 11) is 1.90. The maximum Gasteiger partial charge on any atom is 0.234 e. The van der Waals surface area contributed by atoms with E-state index >= 15 is 0 Å².